The minimum atomic E-state index is 0.877. The van der Waals surface area contributed by atoms with Crippen LogP contribution in [0.25, 0.3) is 10.9 Å². The third-order valence-electron chi connectivity index (χ3n) is 3.24. The molecule has 0 unspecified atom stereocenters. The molecule has 18 heavy (non-hydrogen) atoms. The maximum absolute atomic E-state index is 4.24. The number of rotatable bonds is 1. The molecule has 3 nitrogen and oxygen atoms in total. The Kier molecular flexibility index (Phi) is 3.20. The molecular formula is C15H15N3. The predicted molar refractivity (Wildman–Crippen MR) is 72.1 cm³/mol. The van der Waals surface area contributed by atoms with Crippen molar-refractivity contribution in [1.29, 1.82) is 0 Å². The van der Waals surface area contributed by atoms with Crippen molar-refractivity contribution in [3.63, 3.8) is 0 Å². The zero-order chi connectivity index (χ0) is 12.2. The highest BCUT2D eigenvalue weighted by Gasteiger charge is 2.08. The molecule has 3 rings (SSSR count). The van der Waals surface area contributed by atoms with E-state index >= 15 is 0 Å². The van der Waals surface area contributed by atoms with Gasteiger partial charge in [0.1, 0.15) is 6.33 Å². The first-order chi connectivity index (χ1) is 8.92. The van der Waals surface area contributed by atoms with Crippen LogP contribution in [-0.4, -0.2) is 34.5 Å². The number of likely N-dealkylation sites (tertiary alicyclic amines) is 1. The van der Waals surface area contributed by atoms with Crippen LogP contribution in [0.15, 0.2) is 30.7 Å². The van der Waals surface area contributed by atoms with E-state index in [0.717, 1.165) is 23.0 Å². The molecule has 1 aromatic heterocycles. The van der Waals surface area contributed by atoms with Crippen LogP contribution in [0, 0.1) is 11.8 Å². The molecule has 2 aromatic rings. The molecule has 1 aliphatic rings. The lowest BCUT2D eigenvalue weighted by molar-refractivity contribution is 0.383. The van der Waals surface area contributed by atoms with Crippen LogP contribution in [0.3, 0.4) is 0 Å². The maximum atomic E-state index is 4.24. The summed E-state index contributed by atoms with van der Waals surface area (Å²) in [7, 11) is 0. The summed E-state index contributed by atoms with van der Waals surface area (Å²) in [5.41, 5.74) is 1.98. The van der Waals surface area contributed by atoms with Gasteiger partial charge in [0.25, 0.3) is 0 Å². The fourth-order valence-electron chi connectivity index (χ4n) is 2.25. The van der Waals surface area contributed by atoms with Gasteiger partial charge in [-0.05, 0) is 38.1 Å². The van der Waals surface area contributed by atoms with Crippen molar-refractivity contribution in [3.05, 3.63) is 36.3 Å². The van der Waals surface area contributed by atoms with Crippen molar-refractivity contribution in [1.82, 2.24) is 14.9 Å². The van der Waals surface area contributed by atoms with E-state index in [1.807, 2.05) is 24.4 Å². The average molecular weight is 237 g/mol. The molecule has 0 amide bonds. The van der Waals surface area contributed by atoms with Crippen LogP contribution in [-0.2, 0) is 0 Å². The number of fused-ring (bicyclic) bond motifs is 1. The Labute approximate surface area is 107 Å². The monoisotopic (exact) mass is 237 g/mol. The smallest absolute Gasteiger partial charge is 0.116 e. The first kappa shape index (κ1) is 11.2. The van der Waals surface area contributed by atoms with Crippen LogP contribution in [0.5, 0.6) is 0 Å². The Hall–Kier alpha value is -1.92. The summed E-state index contributed by atoms with van der Waals surface area (Å²) in [6, 6.07) is 6.08. The van der Waals surface area contributed by atoms with E-state index in [1.165, 1.54) is 25.9 Å². The van der Waals surface area contributed by atoms with E-state index in [1.54, 1.807) is 6.33 Å². The summed E-state index contributed by atoms with van der Waals surface area (Å²) in [4.78, 5) is 10.6. The van der Waals surface area contributed by atoms with Crippen molar-refractivity contribution in [3.8, 4) is 11.8 Å². The molecular weight excluding hydrogens is 222 g/mol. The number of hydrogen-bond acceptors (Lipinski definition) is 3. The minimum absolute atomic E-state index is 0.877. The van der Waals surface area contributed by atoms with Crippen molar-refractivity contribution in [2.24, 2.45) is 0 Å². The zero-order valence-corrected chi connectivity index (χ0v) is 10.3. The Bertz CT molecular complexity index is 604. The molecule has 0 bridgehead atoms. The van der Waals surface area contributed by atoms with E-state index in [4.69, 9.17) is 0 Å². The number of benzene rings is 1. The van der Waals surface area contributed by atoms with Crippen molar-refractivity contribution in [2.45, 2.75) is 12.8 Å². The number of nitrogens with zero attached hydrogens (tertiary/aromatic N) is 3. The quantitative estimate of drug-likeness (QED) is 0.711. The highest BCUT2D eigenvalue weighted by Crippen LogP contribution is 2.11. The summed E-state index contributed by atoms with van der Waals surface area (Å²) in [5.74, 6) is 6.45. The maximum Gasteiger partial charge on any atom is 0.116 e. The van der Waals surface area contributed by atoms with Gasteiger partial charge in [-0.2, -0.15) is 0 Å². The number of aromatic nitrogens is 2. The highest BCUT2D eigenvalue weighted by atomic mass is 15.1. The lowest BCUT2D eigenvalue weighted by Gasteiger charge is -2.08. The van der Waals surface area contributed by atoms with E-state index < -0.39 is 0 Å². The summed E-state index contributed by atoms with van der Waals surface area (Å²) in [6.45, 7) is 3.26. The van der Waals surface area contributed by atoms with Gasteiger partial charge >= 0.3 is 0 Å². The van der Waals surface area contributed by atoms with Gasteiger partial charge in [0.2, 0.25) is 0 Å². The second kappa shape index (κ2) is 5.16. The normalized spacial score (nSPS) is 15.6. The predicted octanol–water partition coefficient (Wildman–Crippen LogP) is 2.08. The third kappa shape index (κ3) is 2.49. The van der Waals surface area contributed by atoms with Crippen LogP contribution >= 0.6 is 0 Å². The molecule has 3 heteroatoms. The molecule has 0 N–H and O–H groups in total. The van der Waals surface area contributed by atoms with E-state index in [9.17, 15) is 0 Å². The summed E-state index contributed by atoms with van der Waals surface area (Å²) in [5, 5.41) is 1.06. The van der Waals surface area contributed by atoms with Crippen LogP contribution in [0.4, 0.5) is 0 Å². The van der Waals surface area contributed by atoms with Crippen molar-refractivity contribution in [2.75, 3.05) is 19.6 Å². The fraction of sp³-hybridized carbons (Fsp3) is 0.333. The highest BCUT2D eigenvalue weighted by molar-refractivity contribution is 5.78. The topological polar surface area (TPSA) is 29.0 Å². The molecule has 1 fully saturated rings. The second-order valence-electron chi connectivity index (χ2n) is 4.58. The van der Waals surface area contributed by atoms with Crippen molar-refractivity contribution < 1.29 is 0 Å². The van der Waals surface area contributed by atoms with Gasteiger partial charge in [0.05, 0.1) is 12.1 Å². The van der Waals surface area contributed by atoms with Gasteiger partial charge in [0.15, 0.2) is 0 Å². The van der Waals surface area contributed by atoms with Gasteiger partial charge in [-0.25, -0.2) is 9.97 Å². The lowest BCUT2D eigenvalue weighted by atomic mass is 10.1. The van der Waals surface area contributed by atoms with Gasteiger partial charge in [-0.3, -0.25) is 4.90 Å². The first-order valence-corrected chi connectivity index (χ1v) is 6.33. The van der Waals surface area contributed by atoms with Crippen molar-refractivity contribution >= 4 is 10.9 Å². The molecule has 1 aliphatic heterocycles. The Morgan fingerprint density at radius 3 is 3.00 bits per heavy atom. The summed E-state index contributed by atoms with van der Waals surface area (Å²) < 4.78 is 0. The largest absolute Gasteiger partial charge is 0.292 e. The number of hydrogen-bond donors (Lipinski definition) is 0. The van der Waals surface area contributed by atoms with Crippen LogP contribution in [0.1, 0.15) is 18.4 Å². The Balaban J connectivity index is 1.76. The lowest BCUT2D eigenvalue weighted by Crippen LogP contribution is -2.18. The SMILES string of the molecule is C(#Cc1ccc2cncnc2c1)CN1CCCC1. The van der Waals surface area contributed by atoms with Crippen LogP contribution < -0.4 is 0 Å². The van der Waals surface area contributed by atoms with E-state index in [2.05, 4.69) is 26.7 Å². The molecule has 0 radical (unpaired) electrons. The Morgan fingerprint density at radius 1 is 1.22 bits per heavy atom. The Morgan fingerprint density at radius 2 is 2.11 bits per heavy atom. The standard InChI is InChI=1S/C15H15N3/c1-2-8-18(7-1)9-3-4-13-5-6-14-11-16-12-17-15(14)10-13/h5-6,10-12H,1-2,7-9H2. The fourth-order valence-corrected chi connectivity index (χ4v) is 2.25. The molecule has 2 heterocycles. The molecule has 0 spiro atoms. The minimum Gasteiger partial charge on any atom is -0.292 e. The van der Waals surface area contributed by atoms with Gasteiger partial charge in [-0.15, -0.1) is 0 Å². The molecule has 0 aliphatic carbocycles. The van der Waals surface area contributed by atoms with Gasteiger partial charge < -0.3 is 0 Å². The molecule has 0 atom stereocenters. The second-order valence-corrected chi connectivity index (χ2v) is 4.58. The van der Waals surface area contributed by atoms with E-state index in [-0.39, 0.29) is 0 Å². The van der Waals surface area contributed by atoms with Gasteiger partial charge in [0, 0.05) is 17.1 Å². The zero-order valence-electron chi connectivity index (χ0n) is 10.3. The van der Waals surface area contributed by atoms with Crippen LogP contribution in [0.2, 0.25) is 0 Å². The molecule has 0 saturated carbocycles. The van der Waals surface area contributed by atoms with Gasteiger partial charge in [-0.1, -0.05) is 17.9 Å². The summed E-state index contributed by atoms with van der Waals surface area (Å²) >= 11 is 0. The molecule has 90 valence electrons. The molecule has 1 saturated heterocycles. The third-order valence-corrected chi connectivity index (χ3v) is 3.24. The molecule has 1 aromatic carbocycles. The first-order valence-electron chi connectivity index (χ1n) is 6.33. The van der Waals surface area contributed by atoms with E-state index in [0.29, 0.717) is 0 Å². The summed E-state index contributed by atoms with van der Waals surface area (Å²) in [6.07, 6.45) is 6.02. The average Bonchev–Trinajstić information content (AvgIpc) is 2.92.